The molecule has 6 nitrogen and oxygen atoms in total. The normalized spacial score (nSPS) is 16.8. The van der Waals surface area contributed by atoms with Crippen LogP contribution in [0.1, 0.15) is 49.7 Å². The lowest BCUT2D eigenvalue weighted by atomic mass is 9.87. The van der Waals surface area contributed by atoms with Gasteiger partial charge < -0.3 is 19.4 Å². The molecule has 1 aromatic carbocycles. The zero-order valence-electron chi connectivity index (χ0n) is 16.7. The number of ether oxygens (including phenoxy) is 1. The number of nitrogens with zero attached hydrogens (tertiary/aromatic N) is 1. The summed E-state index contributed by atoms with van der Waals surface area (Å²) >= 11 is 0. The van der Waals surface area contributed by atoms with Gasteiger partial charge in [0.15, 0.2) is 5.76 Å². The third-order valence-corrected chi connectivity index (χ3v) is 4.94. The summed E-state index contributed by atoms with van der Waals surface area (Å²) in [5, 5.41) is 2.87. The van der Waals surface area contributed by atoms with E-state index in [0.29, 0.717) is 26.1 Å². The number of likely N-dealkylation sites (tertiary alicyclic amines) is 1. The molecule has 1 fully saturated rings. The van der Waals surface area contributed by atoms with Crippen LogP contribution in [0.2, 0.25) is 0 Å². The van der Waals surface area contributed by atoms with Gasteiger partial charge in [-0.1, -0.05) is 32.9 Å². The van der Waals surface area contributed by atoms with Crippen molar-refractivity contribution in [1.29, 1.82) is 0 Å². The zero-order valence-corrected chi connectivity index (χ0v) is 16.7. The van der Waals surface area contributed by atoms with E-state index in [1.165, 1.54) is 11.8 Å². The van der Waals surface area contributed by atoms with Crippen LogP contribution in [-0.2, 0) is 10.2 Å². The molecule has 1 aromatic heterocycles. The van der Waals surface area contributed by atoms with Crippen LogP contribution in [0.4, 0.5) is 0 Å². The molecule has 1 N–H and O–H groups in total. The summed E-state index contributed by atoms with van der Waals surface area (Å²) in [5.74, 6) is 0.654. The smallest absolute Gasteiger partial charge is 0.290 e. The summed E-state index contributed by atoms with van der Waals surface area (Å²) in [5.41, 5.74) is 1.35. The predicted molar refractivity (Wildman–Crippen MR) is 106 cm³/mol. The Bertz CT molecular complexity index is 791. The Morgan fingerprint density at radius 2 is 1.96 bits per heavy atom. The number of nitrogens with one attached hydrogen (secondary N) is 1. The highest BCUT2D eigenvalue weighted by atomic mass is 16.5. The van der Waals surface area contributed by atoms with Crippen LogP contribution >= 0.6 is 0 Å². The molecule has 0 aliphatic carbocycles. The van der Waals surface area contributed by atoms with Crippen molar-refractivity contribution in [1.82, 2.24) is 10.2 Å². The van der Waals surface area contributed by atoms with Gasteiger partial charge in [0.1, 0.15) is 18.4 Å². The van der Waals surface area contributed by atoms with Gasteiger partial charge in [-0.05, 0) is 48.1 Å². The Morgan fingerprint density at radius 1 is 1.21 bits per heavy atom. The highest BCUT2D eigenvalue weighted by molar-refractivity contribution is 5.95. The van der Waals surface area contributed by atoms with E-state index in [0.717, 1.165) is 12.2 Å². The lowest BCUT2D eigenvalue weighted by Crippen LogP contribution is -2.46. The first-order valence-electron chi connectivity index (χ1n) is 9.72. The Morgan fingerprint density at radius 3 is 2.61 bits per heavy atom. The summed E-state index contributed by atoms with van der Waals surface area (Å²) in [6.45, 7) is 7.83. The van der Waals surface area contributed by atoms with Crippen molar-refractivity contribution >= 4 is 11.8 Å². The molecule has 150 valence electrons. The van der Waals surface area contributed by atoms with E-state index in [-0.39, 0.29) is 23.0 Å². The SMILES string of the molecule is CC(C)(C)c1ccc(OCCNC(=O)C2CCCN2C(=O)c2ccco2)cc1. The lowest BCUT2D eigenvalue weighted by molar-refractivity contribution is -0.124. The third kappa shape index (κ3) is 4.74. The molecule has 1 unspecified atom stereocenters. The fourth-order valence-electron chi connectivity index (χ4n) is 3.34. The van der Waals surface area contributed by atoms with Crippen molar-refractivity contribution < 1.29 is 18.7 Å². The molecule has 1 aliphatic rings. The van der Waals surface area contributed by atoms with Gasteiger partial charge >= 0.3 is 0 Å². The molecule has 2 aromatic rings. The largest absolute Gasteiger partial charge is 0.492 e. The molecular weight excluding hydrogens is 356 g/mol. The molecule has 3 rings (SSSR count). The van der Waals surface area contributed by atoms with Gasteiger partial charge in [-0.2, -0.15) is 0 Å². The lowest BCUT2D eigenvalue weighted by Gasteiger charge is -2.23. The molecule has 1 saturated heterocycles. The standard InChI is InChI=1S/C22H28N2O4/c1-22(2,3)16-8-10-17(11-9-16)27-15-12-23-20(25)18-6-4-13-24(18)21(26)19-7-5-14-28-19/h5,7-11,14,18H,4,6,12-13,15H2,1-3H3,(H,23,25). The summed E-state index contributed by atoms with van der Waals surface area (Å²) < 4.78 is 10.9. The van der Waals surface area contributed by atoms with Gasteiger partial charge in [0, 0.05) is 6.54 Å². The van der Waals surface area contributed by atoms with Gasteiger partial charge in [-0.3, -0.25) is 9.59 Å². The van der Waals surface area contributed by atoms with Gasteiger partial charge in [-0.25, -0.2) is 0 Å². The van der Waals surface area contributed by atoms with Crippen LogP contribution in [-0.4, -0.2) is 42.5 Å². The highest BCUT2D eigenvalue weighted by Crippen LogP contribution is 2.24. The van der Waals surface area contributed by atoms with E-state index in [2.05, 4.69) is 38.2 Å². The minimum absolute atomic E-state index is 0.104. The maximum absolute atomic E-state index is 12.5. The van der Waals surface area contributed by atoms with Crippen molar-refractivity contribution in [2.45, 2.75) is 45.1 Å². The van der Waals surface area contributed by atoms with Gasteiger partial charge in [0.05, 0.1) is 12.8 Å². The molecular formula is C22H28N2O4. The molecule has 2 heterocycles. The van der Waals surface area contributed by atoms with Gasteiger partial charge in [-0.15, -0.1) is 0 Å². The second kappa shape index (κ2) is 8.50. The summed E-state index contributed by atoms with van der Waals surface area (Å²) in [7, 11) is 0. The second-order valence-corrected chi connectivity index (χ2v) is 8.05. The Balaban J connectivity index is 1.45. The average Bonchev–Trinajstić information content (AvgIpc) is 3.36. The fourth-order valence-corrected chi connectivity index (χ4v) is 3.34. The van der Waals surface area contributed by atoms with E-state index < -0.39 is 6.04 Å². The second-order valence-electron chi connectivity index (χ2n) is 8.05. The van der Waals surface area contributed by atoms with E-state index in [1.54, 1.807) is 17.0 Å². The first-order valence-corrected chi connectivity index (χ1v) is 9.72. The van der Waals surface area contributed by atoms with Crippen LogP contribution in [0.5, 0.6) is 5.75 Å². The molecule has 2 amide bonds. The van der Waals surface area contributed by atoms with Crippen LogP contribution in [0, 0.1) is 0 Å². The number of benzene rings is 1. The van der Waals surface area contributed by atoms with Crippen LogP contribution in [0.15, 0.2) is 47.1 Å². The summed E-state index contributed by atoms with van der Waals surface area (Å²) in [6.07, 6.45) is 2.93. The first kappa shape index (κ1) is 20.0. The number of carbonyl (C=O) groups excluding carboxylic acids is 2. The average molecular weight is 384 g/mol. The maximum Gasteiger partial charge on any atom is 0.290 e. The Kier molecular flexibility index (Phi) is 6.07. The number of carbonyl (C=O) groups is 2. The molecule has 0 bridgehead atoms. The third-order valence-electron chi connectivity index (χ3n) is 4.94. The van der Waals surface area contributed by atoms with Gasteiger partial charge in [0.2, 0.25) is 5.91 Å². The van der Waals surface area contributed by atoms with Crippen LogP contribution in [0.3, 0.4) is 0 Å². The zero-order chi connectivity index (χ0) is 20.1. The monoisotopic (exact) mass is 384 g/mol. The van der Waals surface area contributed by atoms with E-state index in [1.807, 2.05) is 12.1 Å². The molecule has 0 spiro atoms. The molecule has 28 heavy (non-hydrogen) atoms. The maximum atomic E-state index is 12.5. The summed E-state index contributed by atoms with van der Waals surface area (Å²) in [4.78, 5) is 26.6. The molecule has 6 heteroatoms. The first-order chi connectivity index (χ1) is 13.4. The predicted octanol–water partition coefficient (Wildman–Crippen LogP) is 3.38. The van der Waals surface area contributed by atoms with Crippen molar-refractivity contribution in [2.75, 3.05) is 19.7 Å². The minimum Gasteiger partial charge on any atom is -0.492 e. The van der Waals surface area contributed by atoms with E-state index in [9.17, 15) is 9.59 Å². The minimum atomic E-state index is -0.455. The van der Waals surface area contributed by atoms with Crippen molar-refractivity contribution in [3.8, 4) is 5.75 Å². The number of hydrogen-bond donors (Lipinski definition) is 1. The van der Waals surface area contributed by atoms with Crippen LogP contribution < -0.4 is 10.1 Å². The molecule has 0 saturated carbocycles. The summed E-state index contributed by atoms with van der Waals surface area (Å²) in [6, 6.07) is 10.9. The molecule has 1 atom stereocenters. The fraction of sp³-hybridized carbons (Fsp3) is 0.455. The quantitative estimate of drug-likeness (QED) is 0.775. The Labute approximate surface area is 165 Å². The van der Waals surface area contributed by atoms with Crippen molar-refractivity contribution in [2.24, 2.45) is 0 Å². The topological polar surface area (TPSA) is 71.8 Å². The van der Waals surface area contributed by atoms with Crippen molar-refractivity contribution in [3.05, 3.63) is 54.0 Å². The number of amides is 2. The van der Waals surface area contributed by atoms with Crippen molar-refractivity contribution in [3.63, 3.8) is 0 Å². The van der Waals surface area contributed by atoms with Crippen LogP contribution in [0.25, 0.3) is 0 Å². The molecule has 0 radical (unpaired) electrons. The van der Waals surface area contributed by atoms with Gasteiger partial charge in [0.25, 0.3) is 5.91 Å². The Hall–Kier alpha value is -2.76. The number of furan rings is 1. The molecule has 1 aliphatic heterocycles. The highest BCUT2D eigenvalue weighted by Gasteiger charge is 2.35. The van der Waals surface area contributed by atoms with E-state index in [4.69, 9.17) is 9.15 Å². The van der Waals surface area contributed by atoms with E-state index >= 15 is 0 Å². The number of rotatable bonds is 6. The number of hydrogen-bond acceptors (Lipinski definition) is 4.